The number of carbonyl (C=O) groups is 1. The molecule has 0 atom stereocenters. The summed E-state index contributed by atoms with van der Waals surface area (Å²) in [5.74, 6) is 1.81. The predicted octanol–water partition coefficient (Wildman–Crippen LogP) is 2.46. The Morgan fingerprint density at radius 1 is 1.30 bits per heavy atom. The molecule has 0 aromatic rings. The zero-order valence-electron chi connectivity index (χ0n) is 12.1. The van der Waals surface area contributed by atoms with E-state index in [2.05, 4.69) is 22.4 Å². The molecule has 0 amide bonds. The Kier molecular flexibility index (Phi) is 4.62. The minimum absolute atomic E-state index is 0.0950. The summed E-state index contributed by atoms with van der Waals surface area (Å²) in [5, 5.41) is 0. The Hall–Kier alpha value is 0.555. The molecular weight excluding hydrogens is 358 g/mol. The molecule has 1 aliphatic heterocycles. The smallest absolute Gasteiger partial charge is 0.221 e. The van der Waals surface area contributed by atoms with Gasteiger partial charge in [0.15, 0.2) is 15.8 Å². The Bertz CT molecular complexity index is 373. The van der Waals surface area contributed by atoms with Gasteiger partial charge in [0, 0.05) is 5.92 Å². The number of rotatable bonds is 4. The lowest BCUT2D eigenvalue weighted by molar-refractivity contribution is -0.118. The first-order chi connectivity index (χ1) is 9.47. The third-order valence-electron chi connectivity index (χ3n) is 5.96. The first-order valence-electron chi connectivity index (χ1n) is 7.90. The van der Waals surface area contributed by atoms with Crippen molar-refractivity contribution in [1.82, 2.24) is 4.81 Å². The summed E-state index contributed by atoms with van der Waals surface area (Å²) < 4.78 is 0.785. The van der Waals surface area contributed by atoms with E-state index in [0.29, 0.717) is 5.41 Å². The lowest BCUT2D eigenvalue weighted by Gasteiger charge is -2.53. The molecule has 2 nitrogen and oxygen atoms in total. The molecule has 0 aromatic heterocycles. The molecule has 0 N–H and O–H groups in total. The fourth-order valence-corrected chi connectivity index (χ4v) is 5.61. The van der Waals surface area contributed by atoms with Crippen LogP contribution in [0.15, 0.2) is 0 Å². The first-order valence-corrected chi connectivity index (χ1v) is 9.15. The lowest BCUT2D eigenvalue weighted by Crippen LogP contribution is -2.47. The summed E-state index contributed by atoms with van der Waals surface area (Å²) in [6.45, 7) is 2.14. The van der Waals surface area contributed by atoms with Gasteiger partial charge in [0.25, 0.3) is 0 Å². The Morgan fingerprint density at radius 2 is 1.90 bits per heavy atom. The van der Waals surface area contributed by atoms with Crippen LogP contribution < -0.4 is 0 Å². The summed E-state index contributed by atoms with van der Waals surface area (Å²) in [5.41, 5.74) is 0.529. The number of piperidine rings is 1. The summed E-state index contributed by atoms with van der Waals surface area (Å²) in [7, 11) is 11.2. The molecule has 2 aliphatic carbocycles. The highest BCUT2D eigenvalue weighted by molar-refractivity contribution is 14.1. The van der Waals surface area contributed by atoms with E-state index < -0.39 is 0 Å². The molecule has 3 rings (SSSR count). The number of nitrogens with zero attached hydrogens (tertiary/aromatic N) is 1. The number of carbonyl (C=O) groups excluding carboxylic acids is 1. The summed E-state index contributed by atoms with van der Waals surface area (Å²) >= 11 is 2.65. The van der Waals surface area contributed by atoms with Gasteiger partial charge in [0.1, 0.15) is 0 Å². The molecule has 1 heterocycles. The summed E-state index contributed by atoms with van der Waals surface area (Å²) in [6.07, 6.45) is 8.74. The number of hydrogen-bond acceptors (Lipinski definition) is 2. The molecule has 2 saturated carbocycles. The fraction of sp³-hybridized carbons (Fsp3) is 0.929. The normalized spacial score (nSPS) is 33.5. The third kappa shape index (κ3) is 3.16. The topological polar surface area (TPSA) is 20.3 Å². The van der Waals surface area contributed by atoms with Crippen molar-refractivity contribution in [2.24, 2.45) is 17.3 Å². The number of hydrogen-bond donors (Lipinski definition) is 0. The van der Waals surface area contributed by atoms with Gasteiger partial charge in [-0.2, -0.15) is 0 Å². The van der Waals surface area contributed by atoms with E-state index in [1.165, 1.54) is 32.0 Å². The van der Waals surface area contributed by atoms with Crippen molar-refractivity contribution < 1.29 is 4.79 Å². The largest absolute Gasteiger partial charge is 0.353 e. The maximum atomic E-state index is 11.0. The third-order valence-corrected chi connectivity index (χ3v) is 7.48. The van der Waals surface area contributed by atoms with E-state index in [0.717, 1.165) is 42.2 Å². The molecule has 0 unspecified atom stereocenters. The van der Waals surface area contributed by atoms with E-state index in [9.17, 15) is 4.79 Å². The second kappa shape index (κ2) is 5.98. The van der Waals surface area contributed by atoms with Gasteiger partial charge in [-0.25, -0.2) is 0 Å². The van der Waals surface area contributed by atoms with E-state index >= 15 is 0 Å². The highest BCUT2D eigenvalue weighted by Crippen LogP contribution is 2.58. The van der Waals surface area contributed by atoms with Crippen LogP contribution in [-0.2, 0) is 4.79 Å². The predicted molar refractivity (Wildman–Crippen MR) is 93.5 cm³/mol. The van der Waals surface area contributed by atoms with Crippen LogP contribution in [0.5, 0.6) is 0 Å². The van der Waals surface area contributed by atoms with Gasteiger partial charge >= 0.3 is 0 Å². The van der Waals surface area contributed by atoms with Gasteiger partial charge in [0.05, 0.1) is 5.68 Å². The molecule has 104 valence electrons. The van der Waals surface area contributed by atoms with Gasteiger partial charge in [-0.1, -0.05) is 25.0 Å². The Labute approximate surface area is 139 Å². The van der Waals surface area contributed by atoms with Gasteiger partial charge in [0.2, 0.25) is 4.57 Å². The van der Waals surface area contributed by atoms with E-state index in [4.69, 9.17) is 15.8 Å². The second-order valence-corrected chi connectivity index (χ2v) is 8.99. The molecule has 1 saturated heterocycles. The maximum absolute atomic E-state index is 11.0. The molecule has 1 spiro atoms. The molecular formula is C14H21B3INO. The van der Waals surface area contributed by atoms with Crippen LogP contribution >= 0.6 is 22.4 Å². The zero-order chi connectivity index (χ0) is 14.3. The summed E-state index contributed by atoms with van der Waals surface area (Å²) in [4.78, 5) is 13.0. The lowest BCUT2D eigenvalue weighted by atomic mass is 9.41. The molecule has 0 aromatic carbocycles. The van der Waals surface area contributed by atoms with Crippen molar-refractivity contribution in [1.29, 1.82) is 0 Å². The minimum atomic E-state index is -0.0950. The average Bonchev–Trinajstić information content (AvgIpc) is 2.31. The van der Waals surface area contributed by atoms with Crippen LogP contribution in [0.2, 0.25) is 12.1 Å². The fourth-order valence-electron chi connectivity index (χ4n) is 4.39. The van der Waals surface area contributed by atoms with Crippen LogP contribution in [-0.4, -0.2) is 44.0 Å². The van der Waals surface area contributed by atoms with E-state index in [1.54, 1.807) is 0 Å². The Balaban J connectivity index is 1.38. The number of halogens is 1. The van der Waals surface area contributed by atoms with Crippen molar-refractivity contribution in [3.63, 3.8) is 0 Å². The van der Waals surface area contributed by atoms with Gasteiger partial charge in [-0.05, 0) is 50.1 Å². The van der Waals surface area contributed by atoms with Gasteiger partial charge < -0.3 is 9.61 Å². The molecule has 3 aliphatic rings. The highest BCUT2D eigenvalue weighted by atomic mass is 127. The molecule has 20 heavy (non-hydrogen) atoms. The first kappa shape index (κ1) is 15.5. The molecule has 0 bridgehead atoms. The van der Waals surface area contributed by atoms with Crippen molar-refractivity contribution in [2.45, 2.75) is 50.7 Å². The van der Waals surface area contributed by atoms with E-state index in [1.807, 2.05) is 4.81 Å². The van der Waals surface area contributed by atoms with Crippen LogP contribution in [0.25, 0.3) is 0 Å². The maximum Gasteiger partial charge on any atom is 0.221 e. The minimum Gasteiger partial charge on any atom is -0.353 e. The zero-order valence-corrected chi connectivity index (χ0v) is 14.2. The van der Waals surface area contributed by atoms with Crippen LogP contribution in [0.1, 0.15) is 38.5 Å². The molecule has 6 heteroatoms. The molecule has 3 fully saturated rings. The van der Waals surface area contributed by atoms with Crippen molar-refractivity contribution in [3.8, 4) is 0 Å². The van der Waals surface area contributed by atoms with Crippen LogP contribution in [0.4, 0.5) is 0 Å². The van der Waals surface area contributed by atoms with Crippen molar-refractivity contribution in [2.75, 3.05) is 13.1 Å². The molecule has 4 radical (unpaired) electrons. The van der Waals surface area contributed by atoms with Crippen molar-refractivity contribution in [3.05, 3.63) is 0 Å². The highest BCUT2D eigenvalue weighted by Gasteiger charge is 2.49. The van der Waals surface area contributed by atoms with Gasteiger partial charge in [-0.15, -0.1) is 22.4 Å². The summed E-state index contributed by atoms with van der Waals surface area (Å²) in [6, 6.07) is 0. The average molecular weight is 379 g/mol. The monoisotopic (exact) mass is 379 g/mol. The van der Waals surface area contributed by atoms with E-state index in [-0.39, 0.29) is 11.6 Å². The standard InChI is InChI=1S/C14H21B3INO/c15-13(20)11-5-10(6-11)9-17(18)12-7-14(8-12)1-3-19(16)4-2-14/h10-12H,1-9H2. The second-order valence-electron chi connectivity index (χ2n) is 7.39. The van der Waals surface area contributed by atoms with Crippen LogP contribution in [0.3, 0.4) is 0 Å². The van der Waals surface area contributed by atoms with Gasteiger partial charge in [-0.3, -0.25) is 0 Å². The Morgan fingerprint density at radius 3 is 2.45 bits per heavy atom. The quantitative estimate of drug-likeness (QED) is 0.553. The van der Waals surface area contributed by atoms with Crippen LogP contribution in [0, 0.1) is 17.3 Å². The van der Waals surface area contributed by atoms with Crippen molar-refractivity contribution >= 4 is 48.5 Å². The SMILES string of the molecule is [B]C(=O)C1CC(CB(I)C2CC3(CCN([B])CC3)C2)C1.